The number of hydrogen-bond donors (Lipinski definition) is 3. The maximum absolute atomic E-state index is 12.5. The topological polar surface area (TPSA) is 95.9 Å². The first-order chi connectivity index (χ1) is 41.0. The molecule has 0 saturated heterocycles. The zero-order chi connectivity index (χ0) is 59.9. The summed E-state index contributed by atoms with van der Waals surface area (Å²) in [6, 6.07) is -0.624. The SMILES string of the molecule is CCCCCCCCCCCCCCCCCCCC/C=C/C(O)C(CO)NC(=O)CCCCCCCCCCCCCCCCCCCCCCCCCCCCCCCCCCOC(=O)CCCCCCCCCCCCCCCC. The number of nitrogens with one attached hydrogen (secondary N) is 1. The second kappa shape index (κ2) is 73.1. The summed E-state index contributed by atoms with van der Waals surface area (Å²) in [5.41, 5.74) is 0. The van der Waals surface area contributed by atoms with Crippen molar-refractivity contribution in [1.29, 1.82) is 0 Å². The monoisotopic (exact) mass is 1170 g/mol. The molecule has 0 aliphatic carbocycles. The van der Waals surface area contributed by atoms with Gasteiger partial charge in [0.2, 0.25) is 5.91 Å². The number of allylic oxidation sites excluding steroid dienone is 1. The molecule has 3 N–H and O–H groups in total. The van der Waals surface area contributed by atoms with Crippen molar-refractivity contribution in [2.24, 2.45) is 0 Å². The minimum atomic E-state index is -0.841. The Labute approximate surface area is 520 Å². The highest BCUT2D eigenvalue weighted by Gasteiger charge is 2.18. The van der Waals surface area contributed by atoms with Crippen molar-refractivity contribution in [2.45, 2.75) is 456 Å². The molecule has 494 valence electrons. The Balaban J connectivity index is 3.34. The zero-order valence-electron chi connectivity index (χ0n) is 56.7. The summed E-state index contributed by atoms with van der Waals surface area (Å²) >= 11 is 0. The molecule has 0 fully saturated rings. The lowest BCUT2D eigenvalue weighted by molar-refractivity contribution is -0.143. The number of aliphatic hydroxyl groups excluding tert-OH is 2. The van der Waals surface area contributed by atoms with Gasteiger partial charge in [-0.25, -0.2) is 0 Å². The number of carbonyl (C=O) groups excluding carboxylic acids is 2. The van der Waals surface area contributed by atoms with Gasteiger partial charge in [0.05, 0.1) is 25.4 Å². The largest absolute Gasteiger partial charge is 0.466 e. The minimum absolute atomic E-state index is 0.0243. The van der Waals surface area contributed by atoms with Crippen LogP contribution < -0.4 is 5.32 Å². The van der Waals surface area contributed by atoms with Gasteiger partial charge >= 0.3 is 5.97 Å². The van der Waals surface area contributed by atoms with Crippen LogP contribution in [0.1, 0.15) is 444 Å². The molecular formula is C77H151NO5. The Morgan fingerprint density at radius 1 is 0.325 bits per heavy atom. The number of rotatable bonds is 73. The standard InChI is InChI=1S/C77H151NO5/c1-3-5-7-9-11-13-15-17-19-20-21-36-39-42-45-49-53-57-61-65-69-75(80)74(73-79)78-76(81)70-66-62-58-54-50-46-43-40-37-34-32-30-28-26-24-22-23-25-27-29-31-33-35-38-41-44-48-52-56-60-64-68-72-83-77(82)71-67-63-59-55-51-47-18-16-14-12-10-8-6-4-2/h65,69,74-75,79-80H,3-64,66-68,70-73H2,1-2H3,(H,78,81)/b69-65+. The van der Waals surface area contributed by atoms with Gasteiger partial charge in [-0.2, -0.15) is 0 Å². The molecule has 83 heavy (non-hydrogen) atoms. The van der Waals surface area contributed by atoms with Gasteiger partial charge in [-0.3, -0.25) is 9.59 Å². The second-order valence-corrected chi connectivity index (χ2v) is 26.7. The van der Waals surface area contributed by atoms with Gasteiger partial charge in [0.15, 0.2) is 0 Å². The highest BCUT2D eigenvalue weighted by molar-refractivity contribution is 5.76. The van der Waals surface area contributed by atoms with Crippen molar-refractivity contribution in [3.63, 3.8) is 0 Å². The number of hydrogen-bond acceptors (Lipinski definition) is 5. The van der Waals surface area contributed by atoms with E-state index in [9.17, 15) is 19.8 Å². The first kappa shape index (κ1) is 81.6. The molecule has 6 nitrogen and oxygen atoms in total. The van der Waals surface area contributed by atoms with Gasteiger partial charge in [0, 0.05) is 12.8 Å². The number of esters is 1. The molecule has 1 amide bonds. The molecule has 6 heteroatoms. The fourth-order valence-corrected chi connectivity index (χ4v) is 12.5. The summed E-state index contributed by atoms with van der Waals surface area (Å²) < 4.78 is 5.50. The number of ether oxygens (including phenoxy) is 1. The quantitative estimate of drug-likeness (QED) is 0.0320. The Bertz CT molecular complexity index is 1260. The van der Waals surface area contributed by atoms with Crippen molar-refractivity contribution < 1.29 is 24.5 Å². The van der Waals surface area contributed by atoms with Gasteiger partial charge in [-0.15, -0.1) is 0 Å². The van der Waals surface area contributed by atoms with Gasteiger partial charge in [0.25, 0.3) is 0 Å². The van der Waals surface area contributed by atoms with Crippen LogP contribution in [0.15, 0.2) is 12.2 Å². The smallest absolute Gasteiger partial charge is 0.305 e. The number of aliphatic hydroxyl groups is 2. The molecule has 0 spiro atoms. The first-order valence-corrected chi connectivity index (χ1v) is 38.5. The lowest BCUT2D eigenvalue weighted by atomic mass is 10.0. The van der Waals surface area contributed by atoms with E-state index in [0.29, 0.717) is 19.4 Å². The predicted octanol–water partition coefficient (Wildman–Crippen LogP) is 25.1. The number of amides is 1. The first-order valence-electron chi connectivity index (χ1n) is 38.5. The van der Waals surface area contributed by atoms with Crippen LogP contribution in [-0.4, -0.2) is 47.4 Å². The molecule has 0 aromatic heterocycles. The van der Waals surface area contributed by atoms with Crippen LogP contribution in [0.5, 0.6) is 0 Å². The molecule has 0 aliphatic heterocycles. The maximum Gasteiger partial charge on any atom is 0.305 e. The minimum Gasteiger partial charge on any atom is -0.466 e. The van der Waals surface area contributed by atoms with E-state index >= 15 is 0 Å². The van der Waals surface area contributed by atoms with Crippen molar-refractivity contribution >= 4 is 11.9 Å². The lowest BCUT2D eigenvalue weighted by Gasteiger charge is -2.20. The molecule has 0 aromatic carbocycles. The van der Waals surface area contributed by atoms with Gasteiger partial charge in [-0.05, 0) is 32.1 Å². The zero-order valence-corrected chi connectivity index (χ0v) is 56.7. The van der Waals surface area contributed by atoms with E-state index < -0.39 is 12.1 Å². The van der Waals surface area contributed by atoms with Crippen molar-refractivity contribution in [1.82, 2.24) is 5.32 Å². The summed E-state index contributed by atoms with van der Waals surface area (Å²) in [5.74, 6) is -0.0342. The molecule has 2 atom stereocenters. The summed E-state index contributed by atoms with van der Waals surface area (Å²) in [4.78, 5) is 24.6. The highest BCUT2D eigenvalue weighted by Crippen LogP contribution is 2.20. The summed E-state index contributed by atoms with van der Waals surface area (Å²) in [6.07, 6.45) is 91.8. The van der Waals surface area contributed by atoms with Gasteiger partial charge < -0.3 is 20.3 Å². The van der Waals surface area contributed by atoms with Crippen LogP contribution in [-0.2, 0) is 14.3 Å². The Morgan fingerprint density at radius 2 is 0.554 bits per heavy atom. The number of unbranched alkanes of at least 4 members (excludes halogenated alkanes) is 62. The summed E-state index contributed by atoms with van der Waals surface area (Å²) in [7, 11) is 0. The van der Waals surface area contributed by atoms with Crippen LogP contribution >= 0.6 is 0 Å². The summed E-state index contributed by atoms with van der Waals surface area (Å²) in [5, 5.41) is 23.3. The molecule has 0 aliphatic rings. The third-order valence-corrected chi connectivity index (χ3v) is 18.3. The van der Waals surface area contributed by atoms with E-state index in [2.05, 4.69) is 19.2 Å². The Kier molecular flexibility index (Phi) is 71.8. The van der Waals surface area contributed by atoms with Crippen LogP contribution in [0.3, 0.4) is 0 Å². The van der Waals surface area contributed by atoms with Crippen molar-refractivity contribution in [2.75, 3.05) is 13.2 Å². The van der Waals surface area contributed by atoms with Crippen molar-refractivity contribution in [3.8, 4) is 0 Å². The van der Waals surface area contributed by atoms with Gasteiger partial charge in [-0.1, -0.05) is 411 Å². The van der Waals surface area contributed by atoms with E-state index in [1.165, 1.54) is 379 Å². The van der Waals surface area contributed by atoms with Gasteiger partial charge in [0.1, 0.15) is 0 Å². The highest BCUT2D eigenvalue weighted by atomic mass is 16.5. The molecular weight excluding hydrogens is 1020 g/mol. The molecule has 2 unspecified atom stereocenters. The average molecular weight is 1170 g/mol. The van der Waals surface area contributed by atoms with Crippen LogP contribution in [0, 0.1) is 0 Å². The van der Waals surface area contributed by atoms with Crippen molar-refractivity contribution in [3.05, 3.63) is 12.2 Å². The fraction of sp³-hybridized carbons (Fsp3) is 0.948. The summed E-state index contributed by atoms with van der Waals surface area (Å²) in [6.45, 7) is 4.96. The third-order valence-electron chi connectivity index (χ3n) is 18.3. The van der Waals surface area contributed by atoms with E-state index in [1.807, 2.05) is 6.08 Å². The van der Waals surface area contributed by atoms with E-state index in [4.69, 9.17) is 4.74 Å². The second-order valence-electron chi connectivity index (χ2n) is 26.7. The predicted molar refractivity (Wildman–Crippen MR) is 366 cm³/mol. The van der Waals surface area contributed by atoms with Crippen LogP contribution in [0.2, 0.25) is 0 Å². The van der Waals surface area contributed by atoms with E-state index in [1.54, 1.807) is 6.08 Å². The van der Waals surface area contributed by atoms with E-state index in [0.717, 1.165) is 38.5 Å². The maximum atomic E-state index is 12.5. The fourth-order valence-electron chi connectivity index (χ4n) is 12.5. The van der Waals surface area contributed by atoms with Crippen LogP contribution in [0.4, 0.5) is 0 Å². The van der Waals surface area contributed by atoms with Crippen LogP contribution in [0.25, 0.3) is 0 Å². The normalized spacial score (nSPS) is 12.5. The average Bonchev–Trinajstić information content (AvgIpc) is 3.48. The Hall–Kier alpha value is -1.40. The third kappa shape index (κ3) is 69.6. The lowest BCUT2D eigenvalue weighted by Crippen LogP contribution is -2.45. The Morgan fingerprint density at radius 3 is 0.819 bits per heavy atom. The molecule has 0 radical (unpaired) electrons. The molecule has 0 saturated carbocycles. The number of carbonyl (C=O) groups is 2. The molecule has 0 rings (SSSR count). The van der Waals surface area contributed by atoms with E-state index in [-0.39, 0.29) is 18.5 Å². The molecule has 0 heterocycles. The molecule has 0 aromatic rings. The molecule has 0 bridgehead atoms.